The molecule has 2 aromatic heterocycles. The lowest BCUT2D eigenvalue weighted by molar-refractivity contribution is 0.103. The summed E-state index contributed by atoms with van der Waals surface area (Å²) < 4.78 is 32.4. The van der Waals surface area contributed by atoms with Crippen molar-refractivity contribution in [2.45, 2.75) is 4.21 Å². The molecule has 9 heteroatoms. The molecule has 0 aliphatic heterocycles. The molecule has 0 fully saturated rings. The van der Waals surface area contributed by atoms with E-state index >= 15 is 0 Å². The van der Waals surface area contributed by atoms with E-state index < -0.39 is 21.4 Å². The van der Waals surface area contributed by atoms with Crippen LogP contribution in [0.1, 0.15) is 15.9 Å². The smallest absolute Gasteiger partial charge is 0.347 e. The van der Waals surface area contributed by atoms with Crippen molar-refractivity contribution in [1.29, 1.82) is 0 Å². The Bertz CT molecular complexity index is 1370. The van der Waals surface area contributed by atoms with Crippen LogP contribution in [0.5, 0.6) is 0 Å². The lowest BCUT2D eigenvalue weighted by Gasteiger charge is -2.07. The zero-order valence-corrected chi connectivity index (χ0v) is 17.0. The van der Waals surface area contributed by atoms with Crippen LogP contribution in [0, 0.1) is 0 Å². The third kappa shape index (κ3) is 3.95. The first-order chi connectivity index (χ1) is 13.8. The largest absolute Gasteiger partial charge is 0.422 e. The van der Waals surface area contributed by atoms with Gasteiger partial charge in [-0.2, -0.15) is 0 Å². The molecule has 6 nitrogen and oxygen atoms in total. The number of carbonyl (C=O) groups is 1. The van der Waals surface area contributed by atoms with E-state index in [0.29, 0.717) is 21.7 Å². The van der Waals surface area contributed by atoms with E-state index in [2.05, 4.69) is 4.72 Å². The Labute approximate surface area is 174 Å². The molecule has 4 aromatic rings. The van der Waals surface area contributed by atoms with Crippen molar-refractivity contribution in [3.63, 3.8) is 0 Å². The summed E-state index contributed by atoms with van der Waals surface area (Å²) in [4.78, 5) is 25.0. The topological polar surface area (TPSA) is 93.4 Å². The number of nitrogens with one attached hydrogen (secondary N) is 1. The van der Waals surface area contributed by atoms with Gasteiger partial charge in [0.2, 0.25) is 0 Å². The van der Waals surface area contributed by atoms with Gasteiger partial charge in [-0.05, 0) is 60.0 Å². The molecular formula is C20H12ClNO5S2. The summed E-state index contributed by atoms with van der Waals surface area (Å²) in [6, 6.07) is 15.1. The summed E-state index contributed by atoms with van der Waals surface area (Å²) in [7, 11) is -3.68. The molecule has 0 saturated carbocycles. The van der Waals surface area contributed by atoms with Crippen LogP contribution in [0.25, 0.3) is 11.0 Å². The van der Waals surface area contributed by atoms with Crippen LogP contribution in [0.2, 0.25) is 5.02 Å². The SMILES string of the molecule is O=C(c1ccc(NS(=O)(=O)c2cccs2)cc1)c1cc2cc(Cl)ccc2oc1=O. The number of carbonyl (C=O) groups excluding carboxylic acids is 1. The third-order valence-corrected chi connectivity index (χ3v) is 7.11. The van der Waals surface area contributed by atoms with Gasteiger partial charge in [0.1, 0.15) is 15.4 Å². The van der Waals surface area contributed by atoms with Crippen LogP contribution >= 0.6 is 22.9 Å². The fourth-order valence-corrected chi connectivity index (χ4v) is 4.95. The van der Waals surface area contributed by atoms with Crippen LogP contribution in [-0.2, 0) is 10.0 Å². The van der Waals surface area contributed by atoms with Crippen molar-refractivity contribution in [2.24, 2.45) is 0 Å². The monoisotopic (exact) mass is 445 g/mol. The number of halogens is 1. The molecule has 0 atom stereocenters. The van der Waals surface area contributed by atoms with Crippen LogP contribution < -0.4 is 10.3 Å². The van der Waals surface area contributed by atoms with Crippen molar-refractivity contribution in [2.75, 3.05) is 4.72 Å². The van der Waals surface area contributed by atoms with Gasteiger partial charge in [0.15, 0.2) is 5.78 Å². The van der Waals surface area contributed by atoms with E-state index in [0.717, 1.165) is 11.3 Å². The number of hydrogen-bond acceptors (Lipinski definition) is 6. The zero-order valence-electron chi connectivity index (χ0n) is 14.6. The summed E-state index contributed by atoms with van der Waals surface area (Å²) in [5.74, 6) is -0.534. The van der Waals surface area contributed by atoms with Crippen LogP contribution in [-0.4, -0.2) is 14.2 Å². The molecule has 2 heterocycles. The molecule has 0 saturated heterocycles. The Morgan fingerprint density at radius 1 is 1.03 bits per heavy atom. The van der Waals surface area contributed by atoms with Crippen molar-refractivity contribution >= 4 is 55.4 Å². The predicted molar refractivity (Wildman–Crippen MR) is 112 cm³/mol. The van der Waals surface area contributed by atoms with E-state index in [4.69, 9.17) is 16.0 Å². The summed E-state index contributed by atoms with van der Waals surface area (Å²) in [5, 5.41) is 2.64. The van der Waals surface area contributed by atoms with Gasteiger partial charge >= 0.3 is 5.63 Å². The minimum Gasteiger partial charge on any atom is -0.422 e. The van der Waals surface area contributed by atoms with Gasteiger partial charge < -0.3 is 4.42 Å². The van der Waals surface area contributed by atoms with E-state index in [1.807, 2.05) is 0 Å². The van der Waals surface area contributed by atoms with E-state index in [-0.39, 0.29) is 15.3 Å². The van der Waals surface area contributed by atoms with Crippen molar-refractivity contribution in [3.8, 4) is 0 Å². The zero-order chi connectivity index (χ0) is 20.6. The second-order valence-corrected chi connectivity index (χ2v) is 9.37. The molecule has 0 unspecified atom stereocenters. The van der Waals surface area contributed by atoms with E-state index in [1.165, 1.54) is 36.4 Å². The average Bonchev–Trinajstić information content (AvgIpc) is 3.23. The Morgan fingerprint density at radius 3 is 2.48 bits per heavy atom. The molecular weight excluding hydrogens is 434 g/mol. The minimum absolute atomic E-state index is 0.133. The Balaban J connectivity index is 1.62. The quantitative estimate of drug-likeness (QED) is 0.359. The molecule has 29 heavy (non-hydrogen) atoms. The number of fused-ring (bicyclic) bond motifs is 1. The maximum absolute atomic E-state index is 12.7. The van der Waals surface area contributed by atoms with Gasteiger partial charge in [-0.15, -0.1) is 11.3 Å². The third-order valence-electron chi connectivity index (χ3n) is 4.10. The van der Waals surface area contributed by atoms with Crippen LogP contribution in [0.3, 0.4) is 0 Å². The number of hydrogen-bond donors (Lipinski definition) is 1. The number of sulfonamides is 1. The first kappa shape index (κ1) is 19.4. The van der Waals surface area contributed by atoms with Gasteiger partial charge in [0.05, 0.1) is 0 Å². The minimum atomic E-state index is -3.68. The van der Waals surface area contributed by atoms with E-state index in [1.54, 1.807) is 29.6 Å². The number of thiophene rings is 1. The van der Waals surface area contributed by atoms with Gasteiger partial charge in [-0.1, -0.05) is 17.7 Å². The summed E-state index contributed by atoms with van der Waals surface area (Å²) in [6.07, 6.45) is 0. The Hall–Kier alpha value is -2.94. The molecule has 146 valence electrons. The van der Waals surface area contributed by atoms with Gasteiger partial charge in [0.25, 0.3) is 10.0 Å². The second-order valence-electron chi connectivity index (χ2n) is 6.07. The first-order valence-corrected chi connectivity index (χ1v) is 11.0. The average molecular weight is 446 g/mol. The number of anilines is 1. The molecule has 0 spiro atoms. The highest BCUT2D eigenvalue weighted by molar-refractivity contribution is 7.94. The van der Waals surface area contributed by atoms with Crippen LogP contribution in [0.4, 0.5) is 5.69 Å². The summed E-state index contributed by atoms with van der Waals surface area (Å²) in [5.41, 5.74) is -0.0433. The van der Waals surface area contributed by atoms with Crippen molar-refractivity contribution < 1.29 is 17.6 Å². The first-order valence-electron chi connectivity index (χ1n) is 8.28. The van der Waals surface area contributed by atoms with E-state index in [9.17, 15) is 18.0 Å². The van der Waals surface area contributed by atoms with Crippen molar-refractivity contribution in [3.05, 3.63) is 92.6 Å². The summed E-state index contributed by atoms with van der Waals surface area (Å²) >= 11 is 7.05. The fraction of sp³-hybridized carbons (Fsp3) is 0. The lowest BCUT2D eigenvalue weighted by atomic mass is 10.0. The molecule has 0 amide bonds. The maximum Gasteiger partial charge on any atom is 0.347 e. The van der Waals surface area contributed by atoms with Gasteiger partial charge in [-0.25, -0.2) is 13.2 Å². The van der Waals surface area contributed by atoms with Crippen LogP contribution in [0.15, 0.2) is 79.5 Å². The molecule has 0 radical (unpaired) electrons. The molecule has 2 aromatic carbocycles. The summed E-state index contributed by atoms with van der Waals surface area (Å²) in [6.45, 7) is 0. The number of rotatable bonds is 5. The predicted octanol–water partition coefficient (Wildman–Crippen LogP) is 4.54. The molecule has 0 bridgehead atoms. The molecule has 4 rings (SSSR count). The maximum atomic E-state index is 12.7. The normalized spacial score (nSPS) is 11.5. The standard InChI is InChI=1S/C20H12ClNO5S2/c21-14-5-8-17-13(10-14)11-16(20(24)27-17)19(23)12-3-6-15(7-4-12)22-29(25,26)18-2-1-9-28-18/h1-11,22H. The molecule has 0 aliphatic carbocycles. The highest BCUT2D eigenvalue weighted by atomic mass is 35.5. The number of benzene rings is 2. The second kappa shape index (κ2) is 7.47. The van der Waals surface area contributed by atoms with Gasteiger partial charge in [-0.3, -0.25) is 9.52 Å². The highest BCUT2D eigenvalue weighted by Gasteiger charge is 2.18. The van der Waals surface area contributed by atoms with Gasteiger partial charge in [0, 0.05) is 21.7 Å². The lowest BCUT2D eigenvalue weighted by Crippen LogP contribution is -2.15. The Morgan fingerprint density at radius 2 is 1.79 bits per heavy atom. The number of ketones is 1. The van der Waals surface area contributed by atoms with Crippen molar-refractivity contribution in [1.82, 2.24) is 0 Å². The highest BCUT2D eigenvalue weighted by Crippen LogP contribution is 2.22. The molecule has 0 aliphatic rings. The Kier molecular flexibility index (Phi) is 4.99. The molecule has 1 N–H and O–H groups in total. The fourth-order valence-electron chi connectivity index (χ4n) is 2.72.